The first-order valence-corrected chi connectivity index (χ1v) is 16.7. The number of aromatic amines is 1. The second-order valence-electron chi connectivity index (χ2n) is 12.1. The van der Waals surface area contributed by atoms with Gasteiger partial charge in [0, 0.05) is 18.9 Å². The van der Waals surface area contributed by atoms with Gasteiger partial charge in [0.05, 0.1) is 19.5 Å². The van der Waals surface area contributed by atoms with Gasteiger partial charge < -0.3 is 25.5 Å². The Kier molecular flexibility index (Phi) is 18.1. The maximum absolute atomic E-state index is 12.4. The number of fused-ring (bicyclic) bond motifs is 1. The minimum absolute atomic E-state index is 0.0142. The fraction of sp³-hybridized carbons (Fsp3) is 0.727. The van der Waals surface area contributed by atoms with Gasteiger partial charge in [-0.25, -0.2) is 4.98 Å². The van der Waals surface area contributed by atoms with Crippen LogP contribution in [0.5, 0.6) is 0 Å². The van der Waals surface area contributed by atoms with Crippen molar-refractivity contribution in [3.05, 3.63) is 28.8 Å². The number of nitrogens with one attached hydrogen (secondary N) is 1. The molecule has 11 heteroatoms. The first kappa shape index (κ1) is 37.0. The number of anilines is 1. The van der Waals surface area contributed by atoms with Crippen molar-refractivity contribution in [1.29, 1.82) is 0 Å². The molecule has 44 heavy (non-hydrogen) atoms. The fourth-order valence-corrected chi connectivity index (χ4v) is 4.93. The number of hydrogen-bond donors (Lipinski definition) is 3. The van der Waals surface area contributed by atoms with E-state index in [1.165, 1.54) is 64.1 Å². The Balaban J connectivity index is 1.68. The van der Waals surface area contributed by atoms with Gasteiger partial charge in [0.2, 0.25) is 5.95 Å². The van der Waals surface area contributed by atoms with Crippen LogP contribution in [0.4, 0.5) is 5.95 Å². The summed E-state index contributed by atoms with van der Waals surface area (Å²) in [5, 5.41) is 0. The van der Waals surface area contributed by atoms with Gasteiger partial charge in [-0.15, -0.1) is 0 Å². The van der Waals surface area contributed by atoms with Gasteiger partial charge in [0.15, 0.2) is 11.2 Å². The highest BCUT2D eigenvalue weighted by Crippen LogP contribution is 2.15. The largest absolute Gasteiger partial charge is 0.466 e. The molecule has 0 fully saturated rings. The summed E-state index contributed by atoms with van der Waals surface area (Å²) in [5.74, 6) is -1.02. The van der Waals surface area contributed by atoms with Crippen molar-refractivity contribution < 1.29 is 19.1 Å². The highest BCUT2D eigenvalue weighted by Gasteiger charge is 2.22. The molecule has 0 amide bonds. The van der Waals surface area contributed by atoms with Gasteiger partial charge in [-0.1, -0.05) is 84.3 Å². The molecule has 0 aliphatic rings. The topological polar surface area (TPSA) is 168 Å². The van der Waals surface area contributed by atoms with Crippen LogP contribution in [0.15, 0.2) is 23.3 Å². The molecule has 5 N–H and O–H groups in total. The van der Waals surface area contributed by atoms with Crippen LogP contribution in [-0.2, 0) is 25.6 Å². The number of esters is 2. The summed E-state index contributed by atoms with van der Waals surface area (Å²) < 4.78 is 12.7. The smallest absolute Gasteiger partial charge is 0.323 e. The zero-order valence-corrected chi connectivity index (χ0v) is 27.2. The van der Waals surface area contributed by atoms with Gasteiger partial charge >= 0.3 is 11.9 Å². The van der Waals surface area contributed by atoms with E-state index in [2.05, 4.69) is 34.0 Å². The molecule has 0 bridgehead atoms. The normalized spacial score (nSPS) is 13.1. The number of carbonyl (C=O) groups excluding carboxylic acids is 2. The molecule has 0 saturated heterocycles. The quantitative estimate of drug-likeness (QED) is 0.0748. The molecule has 2 heterocycles. The van der Waals surface area contributed by atoms with Crippen molar-refractivity contribution >= 4 is 29.1 Å². The molecule has 0 radical (unpaired) electrons. The predicted molar refractivity (Wildman–Crippen MR) is 175 cm³/mol. The summed E-state index contributed by atoms with van der Waals surface area (Å²) in [6.45, 7) is 6.55. The van der Waals surface area contributed by atoms with E-state index in [0.717, 1.165) is 25.7 Å². The fourth-order valence-electron chi connectivity index (χ4n) is 4.93. The SMILES string of the molecule is CCCCCCCCC=CCCCCCCCC(=O)OCC[C@@H](COC(=O)[C@@H](N)C(C)C)Cn1cnc2c(=O)[nH]c(N)nc21. The summed E-state index contributed by atoms with van der Waals surface area (Å²) in [5.41, 5.74) is 11.7. The van der Waals surface area contributed by atoms with E-state index >= 15 is 0 Å². The number of ether oxygens (including phenoxy) is 2. The zero-order valence-electron chi connectivity index (χ0n) is 27.2. The maximum Gasteiger partial charge on any atom is 0.323 e. The second kappa shape index (κ2) is 21.5. The van der Waals surface area contributed by atoms with E-state index in [1.807, 2.05) is 13.8 Å². The van der Waals surface area contributed by atoms with Crippen LogP contribution in [0.1, 0.15) is 117 Å². The Morgan fingerprint density at radius 2 is 1.61 bits per heavy atom. The van der Waals surface area contributed by atoms with Crippen molar-refractivity contribution in [1.82, 2.24) is 19.5 Å². The van der Waals surface area contributed by atoms with Gasteiger partial charge in [0.25, 0.3) is 5.56 Å². The molecule has 2 aromatic heterocycles. The molecule has 248 valence electrons. The Labute approximate surface area is 262 Å². The Bertz CT molecular complexity index is 1190. The van der Waals surface area contributed by atoms with E-state index in [4.69, 9.17) is 20.9 Å². The molecule has 0 aliphatic heterocycles. The lowest BCUT2D eigenvalue weighted by Crippen LogP contribution is -2.38. The summed E-state index contributed by atoms with van der Waals surface area (Å²) >= 11 is 0. The predicted octanol–water partition coefficient (Wildman–Crippen LogP) is 5.82. The van der Waals surface area contributed by atoms with E-state index in [0.29, 0.717) is 25.0 Å². The highest BCUT2D eigenvalue weighted by atomic mass is 16.5. The van der Waals surface area contributed by atoms with Crippen LogP contribution in [0.2, 0.25) is 0 Å². The summed E-state index contributed by atoms with van der Waals surface area (Å²) in [7, 11) is 0. The van der Waals surface area contributed by atoms with Crippen LogP contribution >= 0.6 is 0 Å². The third-order valence-electron chi connectivity index (χ3n) is 7.83. The average molecular weight is 617 g/mol. The van der Waals surface area contributed by atoms with Crippen molar-refractivity contribution in [2.75, 3.05) is 18.9 Å². The molecule has 0 aromatic carbocycles. The molecule has 0 spiro atoms. The van der Waals surface area contributed by atoms with E-state index in [9.17, 15) is 14.4 Å². The molecule has 0 saturated carbocycles. The number of nitrogens with two attached hydrogens (primary N) is 2. The summed E-state index contributed by atoms with van der Waals surface area (Å²) in [6.07, 6.45) is 22.6. The third-order valence-corrected chi connectivity index (χ3v) is 7.83. The number of aromatic nitrogens is 4. The van der Waals surface area contributed by atoms with Gasteiger partial charge in [-0.2, -0.15) is 4.98 Å². The number of imidazole rings is 1. The number of hydrogen-bond acceptors (Lipinski definition) is 9. The van der Waals surface area contributed by atoms with E-state index in [1.54, 1.807) is 4.57 Å². The van der Waals surface area contributed by atoms with Crippen molar-refractivity contribution in [2.24, 2.45) is 17.6 Å². The standard InChI is InChI=1S/C33H56N6O5/c1-4-5-6-7-8-9-10-11-12-13-14-15-16-17-18-19-27(40)43-21-20-26(23-44-32(42)28(34)25(2)3)22-39-24-36-29-30(39)37-33(35)38-31(29)41/h11-12,24-26,28H,4-10,13-23,34H2,1-3H3,(H3,35,37,38,41)/t26-,28+/m1/s1. The summed E-state index contributed by atoms with van der Waals surface area (Å²) in [4.78, 5) is 47.6. The zero-order chi connectivity index (χ0) is 32.2. The molecule has 2 rings (SSSR count). The van der Waals surface area contributed by atoms with Crippen LogP contribution in [0.3, 0.4) is 0 Å². The molecule has 0 aliphatic carbocycles. The number of rotatable bonds is 24. The number of H-pyrrole nitrogens is 1. The van der Waals surface area contributed by atoms with Crippen LogP contribution in [-0.4, -0.2) is 50.7 Å². The van der Waals surface area contributed by atoms with E-state index in [-0.39, 0.29) is 42.5 Å². The van der Waals surface area contributed by atoms with Gasteiger partial charge in [0.1, 0.15) is 6.04 Å². The van der Waals surface area contributed by atoms with Crippen LogP contribution < -0.4 is 17.0 Å². The number of unbranched alkanes of at least 4 members (excludes halogenated alkanes) is 11. The van der Waals surface area contributed by atoms with Crippen molar-refractivity contribution in [2.45, 2.75) is 130 Å². The van der Waals surface area contributed by atoms with Crippen LogP contribution in [0, 0.1) is 11.8 Å². The highest BCUT2D eigenvalue weighted by molar-refractivity contribution is 5.75. The summed E-state index contributed by atoms with van der Waals surface area (Å²) in [6, 6.07) is -0.728. The molecule has 2 atom stereocenters. The number of nitrogen functional groups attached to an aromatic ring is 1. The molecule has 2 aromatic rings. The Hall–Kier alpha value is -3.21. The lowest BCUT2D eigenvalue weighted by atomic mass is 10.1. The lowest BCUT2D eigenvalue weighted by Gasteiger charge is -2.20. The number of carbonyl (C=O) groups is 2. The first-order chi connectivity index (χ1) is 21.2. The first-order valence-electron chi connectivity index (χ1n) is 16.7. The second-order valence-corrected chi connectivity index (χ2v) is 12.1. The van der Waals surface area contributed by atoms with Crippen LogP contribution in [0.25, 0.3) is 11.2 Å². The van der Waals surface area contributed by atoms with Gasteiger partial charge in [-0.05, 0) is 44.4 Å². The van der Waals surface area contributed by atoms with E-state index < -0.39 is 17.6 Å². The number of allylic oxidation sites excluding steroid dienone is 2. The Morgan fingerprint density at radius 1 is 0.977 bits per heavy atom. The third kappa shape index (κ3) is 14.5. The average Bonchev–Trinajstić information content (AvgIpc) is 3.39. The number of nitrogens with zero attached hydrogens (tertiary/aromatic N) is 3. The molecule has 0 unspecified atom stereocenters. The molecular formula is C33H56N6O5. The minimum atomic E-state index is -0.728. The molecular weight excluding hydrogens is 560 g/mol. The van der Waals surface area contributed by atoms with Gasteiger partial charge in [-0.3, -0.25) is 19.4 Å². The monoisotopic (exact) mass is 616 g/mol. The lowest BCUT2D eigenvalue weighted by molar-refractivity contribution is -0.149. The van der Waals surface area contributed by atoms with Crippen molar-refractivity contribution in [3.63, 3.8) is 0 Å². The minimum Gasteiger partial charge on any atom is -0.466 e. The maximum atomic E-state index is 12.4. The Morgan fingerprint density at radius 3 is 2.27 bits per heavy atom. The van der Waals surface area contributed by atoms with Crippen molar-refractivity contribution in [3.8, 4) is 0 Å². The molecule has 11 nitrogen and oxygen atoms in total.